The van der Waals surface area contributed by atoms with E-state index in [4.69, 9.17) is 15.0 Å². The number of aryl methyl sites for hydroxylation is 1. The summed E-state index contributed by atoms with van der Waals surface area (Å²) in [6, 6.07) is 3.89. The predicted octanol–water partition coefficient (Wildman–Crippen LogP) is 3.12. The molecule has 0 bridgehead atoms. The lowest BCUT2D eigenvalue weighted by Crippen LogP contribution is -2.07. The second kappa shape index (κ2) is 4.61. The number of anilines is 1. The van der Waals surface area contributed by atoms with Crippen molar-refractivity contribution in [3.63, 3.8) is 0 Å². The van der Waals surface area contributed by atoms with Gasteiger partial charge in [-0.3, -0.25) is 0 Å². The van der Waals surface area contributed by atoms with E-state index in [-0.39, 0.29) is 0 Å². The SMILES string of the molecule is COc1cc2c(c(C)c1-c1cc(N)on1)CCCC2. The van der Waals surface area contributed by atoms with Crippen LogP contribution in [0.15, 0.2) is 16.7 Å². The van der Waals surface area contributed by atoms with Crippen LogP contribution in [0.5, 0.6) is 5.75 Å². The van der Waals surface area contributed by atoms with Crippen LogP contribution < -0.4 is 10.5 Å². The van der Waals surface area contributed by atoms with Crippen molar-refractivity contribution < 1.29 is 9.26 Å². The van der Waals surface area contributed by atoms with Crippen molar-refractivity contribution in [1.82, 2.24) is 5.16 Å². The fourth-order valence-corrected chi connectivity index (χ4v) is 2.97. The van der Waals surface area contributed by atoms with E-state index in [0.717, 1.165) is 29.8 Å². The molecule has 1 heterocycles. The summed E-state index contributed by atoms with van der Waals surface area (Å²) in [7, 11) is 1.69. The summed E-state index contributed by atoms with van der Waals surface area (Å²) in [4.78, 5) is 0. The molecule has 3 rings (SSSR count). The molecule has 2 aromatic rings. The Kier molecular flexibility index (Phi) is 2.93. The largest absolute Gasteiger partial charge is 0.496 e. The normalized spacial score (nSPS) is 14.2. The molecular formula is C15H18N2O2. The average Bonchev–Trinajstić information content (AvgIpc) is 2.84. The zero-order chi connectivity index (χ0) is 13.4. The third-order valence-electron chi connectivity index (χ3n) is 3.89. The topological polar surface area (TPSA) is 61.3 Å². The summed E-state index contributed by atoms with van der Waals surface area (Å²) < 4.78 is 10.5. The van der Waals surface area contributed by atoms with E-state index >= 15 is 0 Å². The molecule has 1 aliphatic carbocycles. The molecule has 0 aliphatic heterocycles. The maximum atomic E-state index is 5.63. The maximum absolute atomic E-state index is 5.63. The highest BCUT2D eigenvalue weighted by atomic mass is 16.5. The molecule has 4 heteroatoms. The van der Waals surface area contributed by atoms with Crippen molar-refractivity contribution in [2.45, 2.75) is 32.6 Å². The van der Waals surface area contributed by atoms with E-state index in [1.165, 1.54) is 29.5 Å². The third-order valence-corrected chi connectivity index (χ3v) is 3.89. The molecular weight excluding hydrogens is 240 g/mol. The summed E-state index contributed by atoms with van der Waals surface area (Å²) in [5.41, 5.74) is 11.5. The Labute approximate surface area is 112 Å². The van der Waals surface area contributed by atoms with Gasteiger partial charge in [-0.05, 0) is 55.4 Å². The van der Waals surface area contributed by atoms with Crippen LogP contribution in [-0.2, 0) is 12.8 Å². The van der Waals surface area contributed by atoms with Crippen LogP contribution in [-0.4, -0.2) is 12.3 Å². The van der Waals surface area contributed by atoms with Crippen molar-refractivity contribution >= 4 is 5.88 Å². The van der Waals surface area contributed by atoms with Gasteiger partial charge in [-0.15, -0.1) is 0 Å². The molecule has 0 saturated heterocycles. The lowest BCUT2D eigenvalue weighted by Gasteiger charge is -2.22. The van der Waals surface area contributed by atoms with Gasteiger partial charge in [0, 0.05) is 11.6 Å². The lowest BCUT2D eigenvalue weighted by molar-refractivity contribution is 0.412. The minimum Gasteiger partial charge on any atom is -0.496 e. The maximum Gasteiger partial charge on any atom is 0.222 e. The lowest BCUT2D eigenvalue weighted by atomic mass is 9.85. The molecule has 0 amide bonds. The Morgan fingerprint density at radius 3 is 2.74 bits per heavy atom. The van der Waals surface area contributed by atoms with Crippen molar-refractivity contribution in [1.29, 1.82) is 0 Å². The van der Waals surface area contributed by atoms with Crippen LogP contribution in [0.3, 0.4) is 0 Å². The van der Waals surface area contributed by atoms with Gasteiger partial charge in [0.25, 0.3) is 0 Å². The second-order valence-electron chi connectivity index (χ2n) is 5.04. The molecule has 0 unspecified atom stereocenters. The van der Waals surface area contributed by atoms with Gasteiger partial charge < -0.3 is 15.0 Å². The van der Waals surface area contributed by atoms with Gasteiger partial charge in [0.1, 0.15) is 11.4 Å². The minimum absolute atomic E-state index is 0.328. The molecule has 0 spiro atoms. The Hall–Kier alpha value is -1.97. The quantitative estimate of drug-likeness (QED) is 0.899. The number of fused-ring (bicyclic) bond motifs is 1. The van der Waals surface area contributed by atoms with E-state index in [0.29, 0.717) is 5.88 Å². The molecule has 0 atom stereocenters. The van der Waals surface area contributed by atoms with Crippen LogP contribution in [0, 0.1) is 6.92 Å². The summed E-state index contributed by atoms with van der Waals surface area (Å²) in [5.74, 6) is 1.18. The third kappa shape index (κ3) is 1.97. The second-order valence-corrected chi connectivity index (χ2v) is 5.04. The van der Waals surface area contributed by atoms with Gasteiger partial charge in [-0.25, -0.2) is 0 Å². The number of benzene rings is 1. The summed E-state index contributed by atoms with van der Waals surface area (Å²) in [6.07, 6.45) is 4.77. The number of hydrogen-bond donors (Lipinski definition) is 1. The van der Waals surface area contributed by atoms with E-state index in [9.17, 15) is 0 Å². The van der Waals surface area contributed by atoms with Crippen LogP contribution in [0.4, 0.5) is 5.88 Å². The number of aromatic nitrogens is 1. The van der Waals surface area contributed by atoms with Gasteiger partial charge in [0.15, 0.2) is 0 Å². The average molecular weight is 258 g/mol. The van der Waals surface area contributed by atoms with Crippen molar-refractivity contribution in [2.75, 3.05) is 12.8 Å². The fourth-order valence-electron chi connectivity index (χ4n) is 2.97. The molecule has 1 aromatic heterocycles. The number of methoxy groups -OCH3 is 1. The van der Waals surface area contributed by atoms with E-state index < -0.39 is 0 Å². The Morgan fingerprint density at radius 1 is 1.26 bits per heavy atom. The minimum atomic E-state index is 0.328. The number of nitrogens with zero attached hydrogens (tertiary/aromatic N) is 1. The van der Waals surface area contributed by atoms with Crippen molar-refractivity contribution in [3.8, 4) is 17.0 Å². The van der Waals surface area contributed by atoms with Crippen molar-refractivity contribution in [2.24, 2.45) is 0 Å². The number of nitrogen functional groups attached to an aromatic ring is 1. The molecule has 1 aliphatic rings. The summed E-state index contributed by atoms with van der Waals surface area (Å²) in [6.45, 7) is 2.13. The van der Waals surface area contributed by atoms with E-state index in [1.54, 1.807) is 13.2 Å². The summed E-state index contributed by atoms with van der Waals surface area (Å²) in [5, 5.41) is 4.02. The first-order valence-corrected chi connectivity index (χ1v) is 6.62. The number of hydrogen-bond acceptors (Lipinski definition) is 4. The molecule has 0 fully saturated rings. The monoisotopic (exact) mass is 258 g/mol. The number of rotatable bonds is 2. The molecule has 4 nitrogen and oxygen atoms in total. The van der Waals surface area contributed by atoms with Crippen LogP contribution >= 0.6 is 0 Å². The van der Waals surface area contributed by atoms with Gasteiger partial charge >= 0.3 is 0 Å². The van der Waals surface area contributed by atoms with Crippen LogP contribution in [0.2, 0.25) is 0 Å². The predicted molar refractivity (Wildman–Crippen MR) is 74.3 cm³/mol. The van der Waals surface area contributed by atoms with Crippen LogP contribution in [0.25, 0.3) is 11.3 Å². The van der Waals surface area contributed by atoms with Gasteiger partial charge in [0.05, 0.1) is 7.11 Å². The first kappa shape index (κ1) is 12.1. The smallest absolute Gasteiger partial charge is 0.222 e. The Balaban J connectivity index is 2.22. The highest BCUT2D eigenvalue weighted by Crippen LogP contribution is 2.39. The molecule has 0 radical (unpaired) electrons. The highest BCUT2D eigenvalue weighted by Gasteiger charge is 2.21. The number of ether oxygens (including phenoxy) is 1. The van der Waals surface area contributed by atoms with Gasteiger partial charge in [-0.2, -0.15) is 0 Å². The fraction of sp³-hybridized carbons (Fsp3) is 0.400. The molecule has 1 aromatic carbocycles. The standard InChI is InChI=1S/C15H18N2O2/c1-9-11-6-4-3-5-10(11)7-13(18-2)15(9)12-8-14(16)19-17-12/h7-8H,3-6,16H2,1-2H3. The zero-order valence-corrected chi connectivity index (χ0v) is 11.3. The van der Waals surface area contributed by atoms with Crippen LogP contribution in [0.1, 0.15) is 29.5 Å². The molecule has 2 N–H and O–H groups in total. The van der Waals surface area contributed by atoms with Crippen molar-refractivity contribution in [3.05, 3.63) is 28.8 Å². The highest BCUT2D eigenvalue weighted by molar-refractivity contribution is 5.74. The molecule has 19 heavy (non-hydrogen) atoms. The number of nitrogens with two attached hydrogens (primary N) is 1. The molecule has 0 saturated carbocycles. The van der Waals surface area contributed by atoms with E-state index in [1.807, 2.05) is 0 Å². The molecule has 100 valence electrons. The van der Waals surface area contributed by atoms with Gasteiger partial charge in [0.2, 0.25) is 5.88 Å². The first-order chi connectivity index (χ1) is 9.20. The zero-order valence-electron chi connectivity index (χ0n) is 11.3. The Morgan fingerprint density at radius 2 is 2.05 bits per heavy atom. The first-order valence-electron chi connectivity index (χ1n) is 6.62. The summed E-state index contributed by atoms with van der Waals surface area (Å²) >= 11 is 0. The van der Waals surface area contributed by atoms with Gasteiger partial charge in [-0.1, -0.05) is 5.16 Å². The van der Waals surface area contributed by atoms with E-state index in [2.05, 4.69) is 18.1 Å². The Bertz CT molecular complexity index is 617.